The molecule has 3 aromatic rings. The quantitative estimate of drug-likeness (QED) is 0.171. The van der Waals surface area contributed by atoms with E-state index in [-0.39, 0.29) is 45.1 Å². The third-order valence-corrected chi connectivity index (χ3v) is 8.76. The molecule has 0 amide bonds. The molecule has 3 aliphatic rings. The standard InChI is InChI=1S/C32H26O13/c1-9-5-10-11(6-12(9)33)25(36)17-13(34)7-15(44-3)19(21(17)26(10)37)20-16(45-4)8-14(35)18-22(20)28(39)24-23(27(18)38)29(40)31(42)32(2,43)30(24)41/h5-8,29-31,33-35,40-43H,1-4H3/t29-,30+,31-,32+/m1/s1. The van der Waals surface area contributed by atoms with E-state index in [0.29, 0.717) is 0 Å². The zero-order valence-electron chi connectivity index (χ0n) is 24.1. The Hall–Kier alpha value is -5.08. The lowest BCUT2D eigenvalue weighted by Crippen LogP contribution is -2.61. The van der Waals surface area contributed by atoms with Crippen LogP contribution in [0.3, 0.4) is 0 Å². The Labute approximate surface area is 253 Å². The van der Waals surface area contributed by atoms with Crippen molar-refractivity contribution >= 4 is 23.1 Å². The Kier molecular flexibility index (Phi) is 6.47. The molecule has 45 heavy (non-hydrogen) atoms. The molecule has 0 radical (unpaired) electrons. The van der Waals surface area contributed by atoms with Crippen molar-refractivity contribution in [2.45, 2.75) is 37.8 Å². The van der Waals surface area contributed by atoms with Crippen molar-refractivity contribution in [2.75, 3.05) is 14.2 Å². The number of phenolic OH excluding ortho intramolecular Hbond substituents is 3. The van der Waals surface area contributed by atoms with Gasteiger partial charge in [0, 0.05) is 56.7 Å². The first kappa shape index (κ1) is 30.0. The maximum atomic E-state index is 14.3. The number of carbonyl (C=O) groups excluding carboxylic acids is 4. The topological polar surface area (TPSA) is 228 Å². The van der Waals surface area contributed by atoms with Crippen LogP contribution in [0.15, 0.2) is 35.4 Å². The van der Waals surface area contributed by atoms with Crippen LogP contribution in [0.2, 0.25) is 0 Å². The minimum absolute atomic E-state index is 0.147. The smallest absolute Gasteiger partial charge is 0.198 e. The van der Waals surface area contributed by atoms with Gasteiger partial charge in [-0.05, 0) is 31.5 Å². The summed E-state index contributed by atoms with van der Waals surface area (Å²) in [4.78, 5) is 56.1. The molecule has 6 rings (SSSR count). The molecule has 0 heterocycles. The zero-order valence-corrected chi connectivity index (χ0v) is 24.1. The van der Waals surface area contributed by atoms with Gasteiger partial charge < -0.3 is 45.2 Å². The third-order valence-electron chi connectivity index (χ3n) is 8.76. The fourth-order valence-corrected chi connectivity index (χ4v) is 6.37. The van der Waals surface area contributed by atoms with Gasteiger partial charge >= 0.3 is 0 Å². The van der Waals surface area contributed by atoms with Crippen LogP contribution >= 0.6 is 0 Å². The van der Waals surface area contributed by atoms with Gasteiger partial charge in [-0.3, -0.25) is 19.2 Å². The fraction of sp³-hybridized carbons (Fsp3) is 0.250. The van der Waals surface area contributed by atoms with Crippen LogP contribution in [-0.2, 0) is 0 Å². The maximum Gasteiger partial charge on any atom is 0.198 e. The van der Waals surface area contributed by atoms with E-state index in [9.17, 15) is 54.9 Å². The highest BCUT2D eigenvalue weighted by molar-refractivity contribution is 6.35. The molecule has 0 aliphatic heterocycles. The van der Waals surface area contributed by atoms with Crippen molar-refractivity contribution in [3.8, 4) is 39.9 Å². The van der Waals surface area contributed by atoms with Crippen molar-refractivity contribution < 1.29 is 64.4 Å². The van der Waals surface area contributed by atoms with Gasteiger partial charge in [-0.25, -0.2) is 0 Å². The molecule has 0 saturated heterocycles. The Morgan fingerprint density at radius 2 is 1.07 bits per heavy atom. The van der Waals surface area contributed by atoms with E-state index in [4.69, 9.17) is 9.47 Å². The van der Waals surface area contributed by atoms with Gasteiger partial charge in [-0.1, -0.05) is 0 Å². The summed E-state index contributed by atoms with van der Waals surface area (Å²) in [7, 11) is 2.32. The number of aliphatic hydroxyl groups excluding tert-OH is 3. The summed E-state index contributed by atoms with van der Waals surface area (Å²) in [6.45, 7) is 2.45. The molecule has 0 unspecified atom stereocenters. The molecular weight excluding hydrogens is 592 g/mol. The summed E-state index contributed by atoms with van der Waals surface area (Å²) in [5, 5.41) is 75.3. The van der Waals surface area contributed by atoms with E-state index < -0.39 is 91.9 Å². The number of methoxy groups -OCH3 is 2. The van der Waals surface area contributed by atoms with Gasteiger partial charge in [0.25, 0.3) is 0 Å². The second kappa shape index (κ2) is 9.71. The third kappa shape index (κ3) is 3.75. The van der Waals surface area contributed by atoms with Crippen LogP contribution in [-0.4, -0.2) is 97.0 Å². The molecule has 13 heteroatoms. The Morgan fingerprint density at radius 3 is 1.60 bits per heavy atom. The van der Waals surface area contributed by atoms with Gasteiger partial charge in [-0.15, -0.1) is 0 Å². The van der Waals surface area contributed by atoms with Crippen molar-refractivity contribution in [1.29, 1.82) is 0 Å². The summed E-state index contributed by atoms with van der Waals surface area (Å²) in [6, 6.07) is 4.31. The average Bonchev–Trinajstić information content (AvgIpc) is 2.99. The van der Waals surface area contributed by atoms with Crippen molar-refractivity contribution in [1.82, 2.24) is 0 Å². The SMILES string of the molecule is COc1cc(O)c2c(c1-c1c(OC)cc(O)c3c1C(=O)c1cc(C)c(O)cc1C3=O)C(=O)C1=C(C2=O)[C@@H](O)[C@@H](O)[C@@](C)(O)[C@H]1O. The summed E-state index contributed by atoms with van der Waals surface area (Å²) < 4.78 is 11.0. The number of rotatable bonds is 3. The number of ether oxygens (including phenoxy) is 2. The number of benzene rings is 3. The number of Topliss-reactive ketones (excluding diaryl/α,β-unsaturated/α-hetero) is 2. The lowest BCUT2D eigenvalue weighted by atomic mass is 9.67. The van der Waals surface area contributed by atoms with Gasteiger partial charge in [0.05, 0.1) is 25.3 Å². The van der Waals surface area contributed by atoms with Crippen LogP contribution in [0.4, 0.5) is 0 Å². The lowest BCUT2D eigenvalue weighted by molar-refractivity contribution is -0.158. The monoisotopic (exact) mass is 618 g/mol. The molecule has 0 aromatic heterocycles. The first-order valence-corrected chi connectivity index (χ1v) is 13.5. The van der Waals surface area contributed by atoms with E-state index in [0.717, 1.165) is 32.2 Å². The molecule has 13 nitrogen and oxygen atoms in total. The first-order valence-electron chi connectivity index (χ1n) is 13.5. The van der Waals surface area contributed by atoms with Crippen molar-refractivity contribution in [2.24, 2.45) is 0 Å². The highest BCUT2D eigenvalue weighted by Crippen LogP contribution is 2.53. The van der Waals surface area contributed by atoms with Crippen molar-refractivity contribution in [3.63, 3.8) is 0 Å². The van der Waals surface area contributed by atoms with Crippen molar-refractivity contribution in [3.05, 3.63) is 74.4 Å². The molecule has 3 aromatic carbocycles. The van der Waals surface area contributed by atoms with Crippen LogP contribution in [0.25, 0.3) is 11.1 Å². The van der Waals surface area contributed by atoms with E-state index in [1.807, 2.05) is 0 Å². The second-order valence-corrected chi connectivity index (χ2v) is 11.3. The van der Waals surface area contributed by atoms with Crippen LogP contribution in [0, 0.1) is 6.92 Å². The molecule has 4 atom stereocenters. The van der Waals surface area contributed by atoms with Gasteiger partial charge in [0.2, 0.25) is 0 Å². The molecule has 232 valence electrons. The minimum Gasteiger partial charge on any atom is -0.508 e. The van der Waals surface area contributed by atoms with Crippen LogP contribution in [0.1, 0.15) is 65.0 Å². The number of hydrogen-bond acceptors (Lipinski definition) is 13. The highest BCUT2D eigenvalue weighted by atomic mass is 16.5. The molecule has 0 bridgehead atoms. The number of carbonyl (C=O) groups is 4. The van der Waals surface area contributed by atoms with Crippen LogP contribution < -0.4 is 9.47 Å². The van der Waals surface area contributed by atoms with Crippen LogP contribution in [0.5, 0.6) is 28.7 Å². The number of hydrogen-bond donors (Lipinski definition) is 7. The minimum atomic E-state index is -2.50. The van der Waals surface area contributed by atoms with Gasteiger partial charge in [0.1, 0.15) is 52.7 Å². The number of phenols is 3. The second-order valence-electron chi connectivity index (χ2n) is 11.3. The lowest BCUT2D eigenvalue weighted by Gasteiger charge is -2.44. The normalized spacial score (nSPS) is 23.8. The van der Waals surface area contributed by atoms with Gasteiger partial charge in [-0.2, -0.15) is 0 Å². The molecule has 3 aliphatic carbocycles. The molecule has 0 saturated carbocycles. The zero-order chi connectivity index (χ0) is 33.0. The summed E-state index contributed by atoms with van der Waals surface area (Å²) in [5.74, 6) is -6.34. The van der Waals surface area contributed by atoms with Gasteiger partial charge in [0.15, 0.2) is 23.1 Å². The Balaban J connectivity index is 1.75. The molecule has 0 fully saturated rings. The number of ketones is 4. The number of fused-ring (bicyclic) bond motifs is 3. The first-order chi connectivity index (χ1) is 21.1. The molecule has 0 spiro atoms. The summed E-state index contributed by atoms with van der Waals surface area (Å²) >= 11 is 0. The summed E-state index contributed by atoms with van der Waals surface area (Å²) in [6.07, 6.45) is -6.43. The van der Waals surface area contributed by atoms with E-state index in [1.54, 1.807) is 0 Å². The highest BCUT2D eigenvalue weighted by Gasteiger charge is 2.56. The fourth-order valence-electron chi connectivity index (χ4n) is 6.37. The predicted molar refractivity (Wildman–Crippen MR) is 152 cm³/mol. The number of aryl methyl sites for hydroxylation is 1. The predicted octanol–water partition coefficient (Wildman–Crippen LogP) is 1.09. The Bertz CT molecular complexity index is 1970. The largest absolute Gasteiger partial charge is 0.508 e. The van der Waals surface area contributed by atoms with E-state index in [2.05, 4.69) is 0 Å². The van der Waals surface area contributed by atoms with E-state index in [1.165, 1.54) is 20.1 Å². The Morgan fingerprint density at radius 1 is 0.622 bits per heavy atom. The number of aromatic hydroxyl groups is 3. The average molecular weight is 619 g/mol. The number of aliphatic hydroxyl groups is 4. The summed E-state index contributed by atoms with van der Waals surface area (Å²) in [5.41, 5.74) is -7.04. The van der Waals surface area contributed by atoms with E-state index >= 15 is 0 Å². The molecular formula is C32H26O13. The maximum absolute atomic E-state index is 14.3. The molecule has 7 N–H and O–H groups in total.